The molecule has 1 N–H and O–H groups in total. The van der Waals surface area contributed by atoms with E-state index < -0.39 is 0 Å². The molecule has 0 aliphatic carbocycles. The summed E-state index contributed by atoms with van der Waals surface area (Å²) in [6.45, 7) is 2.22. The lowest BCUT2D eigenvalue weighted by Gasteiger charge is -1.98. The number of hydrogen-bond acceptors (Lipinski definition) is 2. The van der Waals surface area contributed by atoms with Crippen molar-refractivity contribution in [2.75, 3.05) is 0 Å². The molecule has 0 saturated carbocycles. The van der Waals surface area contributed by atoms with Crippen LogP contribution in [0.3, 0.4) is 0 Å². The fraction of sp³-hybridized carbons (Fsp3) is 0.263. The Morgan fingerprint density at radius 3 is 2.87 bits per heavy atom. The maximum absolute atomic E-state index is 12.3. The molecule has 0 radical (unpaired) electrons. The monoisotopic (exact) mass is 305 g/mol. The number of nitrogens with zero attached hydrogens (tertiary/aromatic N) is 2. The van der Waals surface area contributed by atoms with Crippen molar-refractivity contribution in [3.8, 4) is 0 Å². The van der Waals surface area contributed by atoms with Crippen LogP contribution in [0.4, 0.5) is 0 Å². The van der Waals surface area contributed by atoms with E-state index >= 15 is 0 Å². The SMILES string of the molecule is CCCCC/C=c1/c2ccccc2c2[nH]c(=O)c3nccn3c12. The molecule has 0 atom stereocenters. The Balaban J connectivity index is 2.12. The van der Waals surface area contributed by atoms with Crippen LogP contribution in [0.5, 0.6) is 0 Å². The number of benzene rings is 1. The van der Waals surface area contributed by atoms with Gasteiger partial charge in [-0.25, -0.2) is 4.98 Å². The van der Waals surface area contributed by atoms with Gasteiger partial charge in [0.2, 0.25) is 5.65 Å². The second-order valence-electron chi connectivity index (χ2n) is 5.96. The summed E-state index contributed by atoms with van der Waals surface area (Å²) in [6, 6.07) is 8.26. The van der Waals surface area contributed by atoms with Gasteiger partial charge < -0.3 is 4.98 Å². The summed E-state index contributed by atoms with van der Waals surface area (Å²) in [7, 11) is 0. The molecule has 4 aromatic rings. The summed E-state index contributed by atoms with van der Waals surface area (Å²) in [5, 5.41) is 3.48. The molecule has 0 unspecified atom stereocenters. The normalized spacial score (nSPS) is 12.8. The van der Waals surface area contributed by atoms with Crippen LogP contribution in [0.25, 0.3) is 33.5 Å². The summed E-state index contributed by atoms with van der Waals surface area (Å²) in [4.78, 5) is 19.5. The van der Waals surface area contributed by atoms with Crippen molar-refractivity contribution in [1.82, 2.24) is 14.4 Å². The zero-order chi connectivity index (χ0) is 15.8. The van der Waals surface area contributed by atoms with Gasteiger partial charge in [-0.1, -0.05) is 50.1 Å². The first-order chi connectivity index (χ1) is 11.3. The number of unbranched alkanes of at least 4 members (excludes halogenated alkanes) is 3. The molecule has 4 nitrogen and oxygen atoms in total. The summed E-state index contributed by atoms with van der Waals surface area (Å²) >= 11 is 0. The predicted molar refractivity (Wildman–Crippen MR) is 94.6 cm³/mol. The lowest BCUT2D eigenvalue weighted by molar-refractivity contribution is 0.741. The molecule has 116 valence electrons. The van der Waals surface area contributed by atoms with E-state index in [0.29, 0.717) is 5.65 Å². The minimum atomic E-state index is -0.143. The lowest BCUT2D eigenvalue weighted by atomic mass is 10.1. The first kappa shape index (κ1) is 14.0. The van der Waals surface area contributed by atoms with Crippen LogP contribution >= 0.6 is 0 Å². The second-order valence-corrected chi connectivity index (χ2v) is 5.96. The van der Waals surface area contributed by atoms with E-state index in [9.17, 15) is 4.79 Å². The third-order valence-corrected chi connectivity index (χ3v) is 4.46. The van der Waals surface area contributed by atoms with Crippen molar-refractivity contribution in [3.05, 3.63) is 52.2 Å². The summed E-state index contributed by atoms with van der Waals surface area (Å²) in [5.74, 6) is 0. The highest BCUT2D eigenvalue weighted by Gasteiger charge is 2.13. The minimum absolute atomic E-state index is 0.143. The van der Waals surface area contributed by atoms with E-state index in [1.807, 2.05) is 22.7 Å². The van der Waals surface area contributed by atoms with Crippen molar-refractivity contribution in [3.63, 3.8) is 0 Å². The third kappa shape index (κ3) is 2.13. The van der Waals surface area contributed by atoms with Crippen LogP contribution in [0, 0.1) is 0 Å². The van der Waals surface area contributed by atoms with E-state index in [2.05, 4.69) is 35.1 Å². The highest BCUT2D eigenvalue weighted by atomic mass is 16.1. The van der Waals surface area contributed by atoms with Crippen LogP contribution in [0.2, 0.25) is 0 Å². The van der Waals surface area contributed by atoms with Crippen LogP contribution in [0.1, 0.15) is 32.6 Å². The van der Waals surface area contributed by atoms with Gasteiger partial charge in [0.1, 0.15) is 0 Å². The molecular weight excluding hydrogens is 286 g/mol. The van der Waals surface area contributed by atoms with Crippen LogP contribution in [-0.4, -0.2) is 14.4 Å². The zero-order valence-electron chi connectivity index (χ0n) is 13.2. The molecule has 0 aliphatic rings. The van der Waals surface area contributed by atoms with Gasteiger partial charge in [-0.15, -0.1) is 0 Å². The van der Waals surface area contributed by atoms with Crippen molar-refractivity contribution in [2.45, 2.75) is 32.6 Å². The maximum Gasteiger partial charge on any atom is 0.292 e. The number of aromatic nitrogens is 3. The molecule has 2 heterocycles. The van der Waals surface area contributed by atoms with Crippen molar-refractivity contribution in [2.24, 2.45) is 0 Å². The van der Waals surface area contributed by atoms with E-state index in [1.165, 1.54) is 29.9 Å². The average Bonchev–Trinajstić information content (AvgIpc) is 3.16. The van der Waals surface area contributed by atoms with E-state index in [-0.39, 0.29) is 5.56 Å². The number of nitrogens with one attached hydrogen (secondary N) is 1. The van der Waals surface area contributed by atoms with Gasteiger partial charge in [0.15, 0.2) is 0 Å². The van der Waals surface area contributed by atoms with Crippen molar-refractivity contribution >= 4 is 33.5 Å². The fourth-order valence-corrected chi connectivity index (χ4v) is 3.37. The van der Waals surface area contributed by atoms with Gasteiger partial charge in [-0.05, 0) is 18.2 Å². The van der Waals surface area contributed by atoms with Gasteiger partial charge in [0.25, 0.3) is 5.56 Å². The topological polar surface area (TPSA) is 50.2 Å². The Kier molecular flexibility index (Phi) is 3.37. The first-order valence-corrected chi connectivity index (χ1v) is 8.21. The van der Waals surface area contributed by atoms with Crippen LogP contribution < -0.4 is 10.8 Å². The standard InChI is InChI=1S/C19H19N3O/c1-2-3-4-5-10-15-13-8-6-7-9-14(13)16-17(15)22-12-11-20-18(22)19(23)21-16/h6-12H,2-5H2,1H3,(H,21,23)/b15-10-. The molecule has 0 amide bonds. The summed E-state index contributed by atoms with van der Waals surface area (Å²) < 4.78 is 1.92. The predicted octanol–water partition coefficient (Wildman–Crippen LogP) is 3.41. The zero-order valence-corrected chi connectivity index (χ0v) is 13.2. The highest BCUT2D eigenvalue weighted by Crippen LogP contribution is 2.22. The second kappa shape index (κ2) is 5.54. The number of aromatic amines is 1. The van der Waals surface area contributed by atoms with E-state index in [1.54, 1.807) is 6.20 Å². The molecule has 0 fully saturated rings. The summed E-state index contributed by atoms with van der Waals surface area (Å²) in [5.41, 5.74) is 2.26. The van der Waals surface area contributed by atoms with Gasteiger partial charge in [-0.2, -0.15) is 0 Å². The van der Waals surface area contributed by atoms with Crippen LogP contribution in [0.15, 0.2) is 41.5 Å². The van der Waals surface area contributed by atoms with E-state index in [0.717, 1.165) is 22.8 Å². The molecule has 2 aromatic carbocycles. The average molecular weight is 305 g/mol. The Morgan fingerprint density at radius 1 is 1.22 bits per heavy atom. The minimum Gasteiger partial charge on any atom is -0.317 e. The van der Waals surface area contributed by atoms with Gasteiger partial charge in [0, 0.05) is 23.0 Å². The highest BCUT2D eigenvalue weighted by molar-refractivity contribution is 6.09. The Bertz CT molecular complexity index is 1100. The van der Waals surface area contributed by atoms with Gasteiger partial charge in [0.05, 0.1) is 11.0 Å². The van der Waals surface area contributed by atoms with Gasteiger partial charge in [-0.3, -0.25) is 9.20 Å². The Labute approximate surface area is 133 Å². The molecule has 4 heteroatoms. The first-order valence-electron chi connectivity index (χ1n) is 8.21. The summed E-state index contributed by atoms with van der Waals surface area (Å²) in [6.07, 6.45) is 10.6. The fourth-order valence-electron chi connectivity index (χ4n) is 3.37. The van der Waals surface area contributed by atoms with Crippen LogP contribution in [-0.2, 0) is 0 Å². The number of fused-ring (bicyclic) bond motifs is 5. The lowest BCUT2D eigenvalue weighted by Crippen LogP contribution is -2.13. The molecule has 0 bridgehead atoms. The number of H-pyrrole nitrogens is 1. The molecular formula is C19H19N3O. The smallest absolute Gasteiger partial charge is 0.292 e. The number of imidazole rings is 1. The number of rotatable bonds is 4. The molecule has 23 heavy (non-hydrogen) atoms. The third-order valence-electron chi connectivity index (χ3n) is 4.46. The van der Waals surface area contributed by atoms with Crippen molar-refractivity contribution < 1.29 is 0 Å². The molecule has 4 rings (SSSR count). The molecule has 0 aliphatic heterocycles. The number of hydrogen-bond donors (Lipinski definition) is 1. The Morgan fingerprint density at radius 2 is 2.04 bits per heavy atom. The van der Waals surface area contributed by atoms with Crippen molar-refractivity contribution in [1.29, 1.82) is 0 Å². The van der Waals surface area contributed by atoms with E-state index in [4.69, 9.17) is 0 Å². The maximum atomic E-state index is 12.3. The molecule has 0 spiro atoms. The van der Waals surface area contributed by atoms with Gasteiger partial charge >= 0.3 is 0 Å². The molecule has 2 aromatic heterocycles. The molecule has 0 saturated heterocycles. The largest absolute Gasteiger partial charge is 0.317 e. The Hall–Kier alpha value is -2.62. The quantitative estimate of drug-likeness (QED) is 0.587.